The third kappa shape index (κ3) is 2.11. The van der Waals surface area contributed by atoms with Crippen molar-refractivity contribution in [3.63, 3.8) is 0 Å². The maximum absolute atomic E-state index is 11.8. The van der Waals surface area contributed by atoms with Crippen molar-refractivity contribution >= 4 is 5.97 Å². The molecule has 0 atom stereocenters. The van der Waals surface area contributed by atoms with E-state index in [1.54, 1.807) is 24.3 Å². The van der Waals surface area contributed by atoms with Crippen LogP contribution in [0.4, 0.5) is 0 Å². The van der Waals surface area contributed by atoms with Gasteiger partial charge in [0.25, 0.3) is 5.56 Å². The van der Waals surface area contributed by atoms with Crippen LogP contribution in [-0.2, 0) is 12.8 Å². The van der Waals surface area contributed by atoms with Crippen molar-refractivity contribution in [1.29, 1.82) is 0 Å². The van der Waals surface area contributed by atoms with E-state index in [0.717, 1.165) is 48.1 Å². The van der Waals surface area contributed by atoms with Crippen molar-refractivity contribution < 1.29 is 9.90 Å². The molecule has 0 spiro atoms. The van der Waals surface area contributed by atoms with Crippen molar-refractivity contribution in [2.45, 2.75) is 25.7 Å². The highest BCUT2D eigenvalue weighted by atomic mass is 16.4. The number of aromatic amines is 1. The van der Waals surface area contributed by atoms with Crippen LogP contribution in [0.2, 0.25) is 0 Å². The van der Waals surface area contributed by atoms with E-state index in [-0.39, 0.29) is 11.1 Å². The van der Waals surface area contributed by atoms with E-state index in [1.165, 1.54) is 0 Å². The Bertz CT molecular complexity index is 717. The molecule has 1 aliphatic carbocycles. The molecule has 20 heavy (non-hydrogen) atoms. The summed E-state index contributed by atoms with van der Waals surface area (Å²) in [6.45, 7) is 0. The highest BCUT2D eigenvalue weighted by molar-refractivity contribution is 5.88. The van der Waals surface area contributed by atoms with Crippen LogP contribution in [0.5, 0.6) is 0 Å². The smallest absolute Gasteiger partial charge is 0.335 e. The van der Waals surface area contributed by atoms with Gasteiger partial charge in [-0.1, -0.05) is 12.1 Å². The van der Waals surface area contributed by atoms with Crippen LogP contribution in [0.1, 0.15) is 34.3 Å². The molecule has 0 unspecified atom stereocenters. The molecular weight excluding hydrogens is 256 g/mol. The van der Waals surface area contributed by atoms with Gasteiger partial charge in [0.1, 0.15) is 0 Å². The van der Waals surface area contributed by atoms with Gasteiger partial charge in [0.05, 0.1) is 11.3 Å². The van der Waals surface area contributed by atoms with Crippen LogP contribution >= 0.6 is 0 Å². The summed E-state index contributed by atoms with van der Waals surface area (Å²) >= 11 is 0. The molecule has 0 fully saturated rings. The predicted molar refractivity (Wildman–Crippen MR) is 73.9 cm³/mol. The Balaban J connectivity index is 2.10. The van der Waals surface area contributed by atoms with Crippen molar-refractivity contribution in [1.82, 2.24) is 10.2 Å². The number of hydrogen-bond acceptors (Lipinski definition) is 3. The highest BCUT2D eigenvalue weighted by Gasteiger charge is 2.18. The van der Waals surface area contributed by atoms with Crippen LogP contribution in [0.3, 0.4) is 0 Å². The van der Waals surface area contributed by atoms with Crippen molar-refractivity contribution in [2.75, 3.05) is 0 Å². The molecule has 0 saturated heterocycles. The second-order valence-electron chi connectivity index (χ2n) is 4.95. The summed E-state index contributed by atoms with van der Waals surface area (Å²) in [6, 6.07) is 6.58. The molecule has 3 rings (SSSR count). The number of aromatic carboxylic acids is 1. The van der Waals surface area contributed by atoms with Gasteiger partial charge in [0.15, 0.2) is 0 Å². The Kier molecular flexibility index (Phi) is 3.10. The summed E-state index contributed by atoms with van der Waals surface area (Å²) in [5.74, 6) is -0.951. The van der Waals surface area contributed by atoms with Gasteiger partial charge in [0, 0.05) is 11.1 Å². The number of H-pyrrole nitrogens is 1. The van der Waals surface area contributed by atoms with Gasteiger partial charge in [-0.25, -0.2) is 9.89 Å². The highest BCUT2D eigenvalue weighted by Crippen LogP contribution is 2.27. The van der Waals surface area contributed by atoms with Crippen molar-refractivity contribution in [2.24, 2.45) is 0 Å². The Labute approximate surface area is 115 Å². The lowest BCUT2D eigenvalue weighted by Gasteiger charge is -2.17. The number of nitrogens with one attached hydrogen (secondary N) is 1. The number of carbonyl (C=O) groups is 1. The van der Waals surface area contributed by atoms with E-state index in [1.807, 2.05) is 0 Å². The number of carboxylic acid groups (broad SMARTS) is 1. The first-order chi connectivity index (χ1) is 9.66. The Hall–Kier alpha value is -2.43. The van der Waals surface area contributed by atoms with Gasteiger partial charge in [-0.3, -0.25) is 4.79 Å². The Morgan fingerprint density at radius 3 is 2.40 bits per heavy atom. The van der Waals surface area contributed by atoms with Gasteiger partial charge in [-0.15, -0.1) is 0 Å². The predicted octanol–water partition coefficient (Wildman–Crippen LogP) is 2.01. The fourth-order valence-electron chi connectivity index (χ4n) is 2.67. The summed E-state index contributed by atoms with van der Waals surface area (Å²) in [5, 5.41) is 15.6. The zero-order valence-corrected chi connectivity index (χ0v) is 10.8. The maximum atomic E-state index is 11.8. The van der Waals surface area contributed by atoms with Crippen molar-refractivity contribution in [3.8, 4) is 11.3 Å². The summed E-state index contributed by atoms with van der Waals surface area (Å²) in [4.78, 5) is 22.7. The fraction of sp³-hybridized carbons (Fsp3) is 0.267. The first-order valence-corrected chi connectivity index (χ1v) is 6.61. The topological polar surface area (TPSA) is 83.0 Å². The van der Waals surface area contributed by atoms with E-state index in [4.69, 9.17) is 5.11 Å². The van der Waals surface area contributed by atoms with E-state index in [9.17, 15) is 9.59 Å². The van der Waals surface area contributed by atoms with Crippen LogP contribution in [0.25, 0.3) is 11.3 Å². The number of hydrogen-bond donors (Lipinski definition) is 2. The quantitative estimate of drug-likeness (QED) is 0.874. The number of benzene rings is 1. The second kappa shape index (κ2) is 4.92. The molecule has 5 nitrogen and oxygen atoms in total. The first-order valence-electron chi connectivity index (χ1n) is 6.61. The van der Waals surface area contributed by atoms with Crippen LogP contribution in [-0.4, -0.2) is 21.3 Å². The lowest BCUT2D eigenvalue weighted by molar-refractivity contribution is 0.0697. The SMILES string of the molecule is O=C(O)c1ccc(-c2n[nH]c(=O)c3c2CCCC3)cc1. The lowest BCUT2D eigenvalue weighted by atomic mass is 9.90. The molecule has 1 aromatic heterocycles. The molecule has 1 aliphatic rings. The molecule has 0 aliphatic heterocycles. The number of nitrogens with zero attached hydrogens (tertiary/aromatic N) is 1. The van der Waals surface area contributed by atoms with Gasteiger partial charge < -0.3 is 5.11 Å². The fourth-order valence-corrected chi connectivity index (χ4v) is 2.67. The number of aromatic nitrogens is 2. The summed E-state index contributed by atoms with van der Waals surface area (Å²) in [6.07, 6.45) is 3.71. The minimum absolute atomic E-state index is 0.106. The molecule has 0 amide bonds. The third-order valence-corrected chi connectivity index (χ3v) is 3.70. The molecule has 102 valence electrons. The molecule has 0 radical (unpaired) electrons. The number of fused-ring (bicyclic) bond motifs is 1. The van der Waals surface area contributed by atoms with E-state index in [2.05, 4.69) is 10.2 Å². The maximum Gasteiger partial charge on any atom is 0.335 e. The first kappa shape index (κ1) is 12.6. The zero-order chi connectivity index (χ0) is 14.1. The molecular formula is C15H14N2O3. The zero-order valence-electron chi connectivity index (χ0n) is 10.8. The van der Waals surface area contributed by atoms with Crippen LogP contribution < -0.4 is 5.56 Å². The number of rotatable bonds is 2. The molecule has 0 bridgehead atoms. The molecule has 5 heteroatoms. The van der Waals surface area contributed by atoms with Gasteiger partial charge in [-0.2, -0.15) is 5.10 Å². The van der Waals surface area contributed by atoms with Gasteiger partial charge in [-0.05, 0) is 43.4 Å². The largest absolute Gasteiger partial charge is 0.478 e. The second-order valence-corrected chi connectivity index (χ2v) is 4.95. The van der Waals surface area contributed by atoms with Crippen LogP contribution in [0.15, 0.2) is 29.1 Å². The average Bonchev–Trinajstić information content (AvgIpc) is 2.48. The monoisotopic (exact) mass is 270 g/mol. The minimum Gasteiger partial charge on any atom is -0.478 e. The molecule has 1 aromatic carbocycles. The normalized spacial score (nSPS) is 13.8. The standard InChI is InChI=1S/C15H14N2O3/c18-14-12-4-2-1-3-11(12)13(16-17-14)9-5-7-10(8-6-9)15(19)20/h5-8H,1-4H2,(H,17,18)(H,19,20). The van der Waals surface area contributed by atoms with Gasteiger partial charge in [0.2, 0.25) is 0 Å². The van der Waals surface area contributed by atoms with E-state index >= 15 is 0 Å². The number of carboxylic acids is 1. The summed E-state index contributed by atoms with van der Waals surface area (Å²) < 4.78 is 0. The van der Waals surface area contributed by atoms with Crippen molar-refractivity contribution in [3.05, 3.63) is 51.3 Å². The van der Waals surface area contributed by atoms with E-state index in [0.29, 0.717) is 0 Å². The Morgan fingerprint density at radius 2 is 1.75 bits per heavy atom. The third-order valence-electron chi connectivity index (χ3n) is 3.70. The van der Waals surface area contributed by atoms with Gasteiger partial charge >= 0.3 is 5.97 Å². The molecule has 0 saturated carbocycles. The lowest BCUT2D eigenvalue weighted by Crippen LogP contribution is -2.21. The average molecular weight is 270 g/mol. The van der Waals surface area contributed by atoms with Crippen LogP contribution in [0, 0.1) is 0 Å². The molecule has 1 heterocycles. The minimum atomic E-state index is -0.951. The molecule has 2 N–H and O–H groups in total. The Morgan fingerprint density at radius 1 is 1.10 bits per heavy atom. The summed E-state index contributed by atoms with van der Waals surface area (Å²) in [7, 11) is 0. The van der Waals surface area contributed by atoms with E-state index < -0.39 is 5.97 Å². The molecule has 2 aromatic rings. The summed E-state index contributed by atoms with van der Waals surface area (Å²) in [5.41, 5.74) is 3.56.